The van der Waals surface area contributed by atoms with E-state index >= 15 is 0 Å². The second-order valence-corrected chi connectivity index (χ2v) is 4.16. The number of rotatable bonds is 7. The fourth-order valence-corrected chi connectivity index (χ4v) is 1.37. The van der Waals surface area contributed by atoms with Gasteiger partial charge in [0.2, 0.25) is 0 Å². The molecule has 3 nitrogen and oxygen atoms in total. The minimum Gasteiger partial charge on any atom is -0.445 e. The number of hydrogen-bond acceptors (Lipinski definition) is 3. The van der Waals surface area contributed by atoms with Gasteiger partial charge >= 0.3 is 0 Å². The largest absolute Gasteiger partial charge is 0.445 e. The summed E-state index contributed by atoms with van der Waals surface area (Å²) in [4.78, 5) is 4.26. The van der Waals surface area contributed by atoms with Crippen molar-refractivity contribution in [3.63, 3.8) is 0 Å². The van der Waals surface area contributed by atoms with E-state index in [4.69, 9.17) is 4.42 Å². The molecular weight excluding hydrogens is 188 g/mol. The lowest BCUT2D eigenvalue weighted by Crippen LogP contribution is -2.16. The van der Waals surface area contributed by atoms with Crippen LogP contribution in [-0.2, 0) is 6.42 Å². The molecule has 86 valence electrons. The predicted molar refractivity (Wildman–Crippen MR) is 62.1 cm³/mol. The molecule has 0 saturated carbocycles. The molecule has 0 aliphatic heterocycles. The Kier molecular flexibility index (Phi) is 5.40. The van der Waals surface area contributed by atoms with Crippen LogP contribution < -0.4 is 5.32 Å². The van der Waals surface area contributed by atoms with E-state index in [-0.39, 0.29) is 0 Å². The third-order valence-electron chi connectivity index (χ3n) is 2.31. The van der Waals surface area contributed by atoms with Crippen LogP contribution in [0.3, 0.4) is 0 Å². The Morgan fingerprint density at radius 1 is 1.40 bits per heavy atom. The number of nitrogens with zero attached hydrogens (tertiary/aromatic N) is 1. The van der Waals surface area contributed by atoms with E-state index in [0.29, 0.717) is 5.92 Å². The molecule has 1 aromatic rings. The van der Waals surface area contributed by atoms with Gasteiger partial charge in [-0.2, -0.15) is 0 Å². The van der Waals surface area contributed by atoms with Crippen molar-refractivity contribution in [3.8, 4) is 0 Å². The standard InChI is InChI=1S/C12H22N2O/c1-4-7-13-8-5-6-12-14-9-11(15-12)10(2)3/h9-10,13H,4-8H2,1-3H3. The van der Waals surface area contributed by atoms with Crippen LogP contribution >= 0.6 is 0 Å². The normalized spacial score (nSPS) is 11.2. The van der Waals surface area contributed by atoms with Gasteiger partial charge in [-0.25, -0.2) is 4.98 Å². The zero-order valence-electron chi connectivity index (χ0n) is 10.0. The Morgan fingerprint density at radius 3 is 2.80 bits per heavy atom. The summed E-state index contributed by atoms with van der Waals surface area (Å²) >= 11 is 0. The molecule has 1 N–H and O–H groups in total. The van der Waals surface area contributed by atoms with Gasteiger partial charge < -0.3 is 9.73 Å². The van der Waals surface area contributed by atoms with Gasteiger partial charge in [-0.1, -0.05) is 20.8 Å². The molecule has 0 unspecified atom stereocenters. The Labute approximate surface area is 92.3 Å². The summed E-state index contributed by atoms with van der Waals surface area (Å²) in [5.41, 5.74) is 0. The highest BCUT2D eigenvalue weighted by Crippen LogP contribution is 2.15. The summed E-state index contributed by atoms with van der Waals surface area (Å²) in [6.45, 7) is 8.56. The Balaban J connectivity index is 2.20. The topological polar surface area (TPSA) is 38.1 Å². The summed E-state index contributed by atoms with van der Waals surface area (Å²) in [5.74, 6) is 2.30. The fourth-order valence-electron chi connectivity index (χ4n) is 1.37. The zero-order valence-corrected chi connectivity index (χ0v) is 10.0. The highest BCUT2D eigenvalue weighted by Gasteiger charge is 2.06. The lowest BCUT2D eigenvalue weighted by molar-refractivity contribution is 0.432. The smallest absolute Gasteiger partial charge is 0.194 e. The van der Waals surface area contributed by atoms with Crippen molar-refractivity contribution in [2.24, 2.45) is 0 Å². The van der Waals surface area contributed by atoms with Gasteiger partial charge in [0, 0.05) is 12.3 Å². The molecule has 0 bridgehead atoms. The van der Waals surface area contributed by atoms with Crippen molar-refractivity contribution < 1.29 is 4.42 Å². The molecule has 0 aliphatic carbocycles. The minimum atomic E-state index is 0.435. The molecule has 0 atom stereocenters. The Morgan fingerprint density at radius 2 is 2.20 bits per heavy atom. The van der Waals surface area contributed by atoms with Crippen molar-refractivity contribution in [2.45, 2.75) is 46.0 Å². The minimum absolute atomic E-state index is 0.435. The SMILES string of the molecule is CCCNCCCc1ncc(C(C)C)o1. The quantitative estimate of drug-likeness (QED) is 0.703. The monoisotopic (exact) mass is 210 g/mol. The second kappa shape index (κ2) is 6.62. The van der Waals surface area contributed by atoms with Crippen LogP contribution in [0.5, 0.6) is 0 Å². The maximum Gasteiger partial charge on any atom is 0.194 e. The highest BCUT2D eigenvalue weighted by molar-refractivity contribution is 4.98. The van der Waals surface area contributed by atoms with Crippen molar-refractivity contribution in [2.75, 3.05) is 13.1 Å². The van der Waals surface area contributed by atoms with Gasteiger partial charge in [0.25, 0.3) is 0 Å². The molecule has 1 aromatic heterocycles. The molecule has 15 heavy (non-hydrogen) atoms. The summed E-state index contributed by atoms with van der Waals surface area (Å²) in [6, 6.07) is 0. The first-order valence-electron chi connectivity index (χ1n) is 5.89. The molecule has 1 heterocycles. The van der Waals surface area contributed by atoms with E-state index in [1.165, 1.54) is 6.42 Å². The molecule has 0 aliphatic rings. The van der Waals surface area contributed by atoms with E-state index in [2.05, 4.69) is 31.1 Å². The zero-order chi connectivity index (χ0) is 11.1. The number of oxazole rings is 1. The summed E-state index contributed by atoms with van der Waals surface area (Å²) < 4.78 is 5.61. The number of nitrogens with one attached hydrogen (secondary N) is 1. The Bertz CT molecular complexity index is 268. The van der Waals surface area contributed by atoms with Crippen molar-refractivity contribution in [1.29, 1.82) is 0 Å². The lowest BCUT2D eigenvalue weighted by atomic mass is 10.2. The van der Waals surface area contributed by atoms with Crippen molar-refractivity contribution in [3.05, 3.63) is 17.8 Å². The first-order valence-corrected chi connectivity index (χ1v) is 5.89. The van der Waals surface area contributed by atoms with Crippen LogP contribution in [0.15, 0.2) is 10.6 Å². The molecule has 0 aromatic carbocycles. The van der Waals surface area contributed by atoms with Gasteiger partial charge in [0.05, 0.1) is 6.20 Å². The summed E-state index contributed by atoms with van der Waals surface area (Å²) in [5, 5.41) is 3.37. The third kappa shape index (κ3) is 4.47. The molecule has 1 rings (SSSR count). The first-order chi connectivity index (χ1) is 7.24. The average molecular weight is 210 g/mol. The van der Waals surface area contributed by atoms with Crippen LogP contribution in [0.1, 0.15) is 51.2 Å². The van der Waals surface area contributed by atoms with E-state index in [0.717, 1.165) is 37.6 Å². The predicted octanol–water partition coefficient (Wildman–Crippen LogP) is 2.73. The van der Waals surface area contributed by atoms with Crippen LogP contribution in [-0.4, -0.2) is 18.1 Å². The maximum atomic E-state index is 5.61. The van der Waals surface area contributed by atoms with E-state index in [1.54, 1.807) is 0 Å². The highest BCUT2D eigenvalue weighted by atomic mass is 16.4. The van der Waals surface area contributed by atoms with Gasteiger partial charge in [-0.3, -0.25) is 0 Å². The molecule has 0 spiro atoms. The van der Waals surface area contributed by atoms with E-state index in [1.807, 2.05) is 6.20 Å². The molecule has 0 saturated heterocycles. The molecule has 0 amide bonds. The van der Waals surface area contributed by atoms with E-state index < -0.39 is 0 Å². The summed E-state index contributed by atoms with van der Waals surface area (Å²) in [7, 11) is 0. The number of aromatic nitrogens is 1. The molecule has 0 radical (unpaired) electrons. The molecular formula is C12H22N2O. The number of hydrogen-bond donors (Lipinski definition) is 1. The van der Waals surface area contributed by atoms with Crippen LogP contribution in [0.2, 0.25) is 0 Å². The van der Waals surface area contributed by atoms with Crippen LogP contribution in [0.25, 0.3) is 0 Å². The molecule has 0 fully saturated rings. The van der Waals surface area contributed by atoms with Gasteiger partial charge in [-0.05, 0) is 25.9 Å². The van der Waals surface area contributed by atoms with Crippen LogP contribution in [0, 0.1) is 0 Å². The van der Waals surface area contributed by atoms with Gasteiger partial charge in [-0.15, -0.1) is 0 Å². The average Bonchev–Trinajstić information content (AvgIpc) is 2.66. The molecule has 3 heteroatoms. The lowest BCUT2D eigenvalue weighted by Gasteiger charge is -2.00. The second-order valence-electron chi connectivity index (χ2n) is 4.16. The fraction of sp³-hybridized carbons (Fsp3) is 0.750. The summed E-state index contributed by atoms with van der Waals surface area (Å²) in [6.07, 6.45) is 5.07. The van der Waals surface area contributed by atoms with Crippen molar-refractivity contribution >= 4 is 0 Å². The van der Waals surface area contributed by atoms with Gasteiger partial charge in [0.1, 0.15) is 5.76 Å². The van der Waals surface area contributed by atoms with E-state index in [9.17, 15) is 0 Å². The number of aryl methyl sites for hydroxylation is 1. The maximum absolute atomic E-state index is 5.61. The van der Waals surface area contributed by atoms with Crippen LogP contribution in [0.4, 0.5) is 0 Å². The third-order valence-corrected chi connectivity index (χ3v) is 2.31. The van der Waals surface area contributed by atoms with Crippen molar-refractivity contribution in [1.82, 2.24) is 10.3 Å². The Hall–Kier alpha value is -0.830. The first kappa shape index (κ1) is 12.2. The van der Waals surface area contributed by atoms with Gasteiger partial charge in [0.15, 0.2) is 5.89 Å².